The molecule has 0 atom stereocenters. The Hall–Kier alpha value is -2.61. The second kappa shape index (κ2) is 7.41. The molecule has 2 heteroatoms. The zero-order valence-corrected chi connectivity index (χ0v) is 13.3. The van der Waals surface area contributed by atoms with E-state index < -0.39 is 0 Å². The lowest BCUT2D eigenvalue weighted by Crippen LogP contribution is -2.07. The number of carbonyl (C=O) groups excluding carboxylic acids is 1. The van der Waals surface area contributed by atoms with Crippen molar-refractivity contribution in [3.8, 4) is 0 Å². The van der Waals surface area contributed by atoms with E-state index in [4.69, 9.17) is 0 Å². The minimum Gasteiger partial charge on any atom is -0.378 e. The van der Waals surface area contributed by atoms with Gasteiger partial charge in [0.05, 0.1) is 0 Å². The molecular weight excluding hydrogens is 270 g/mol. The van der Waals surface area contributed by atoms with Gasteiger partial charge in [0.2, 0.25) is 0 Å². The van der Waals surface area contributed by atoms with Crippen molar-refractivity contribution in [2.45, 2.75) is 6.92 Å². The Labute approximate surface area is 132 Å². The largest absolute Gasteiger partial charge is 0.378 e. The number of carbonyl (C=O) groups is 1. The maximum Gasteiger partial charge on any atom is 0.178 e. The van der Waals surface area contributed by atoms with Crippen LogP contribution in [0.3, 0.4) is 0 Å². The Morgan fingerprint density at radius 3 is 1.73 bits per heavy atom. The molecule has 0 fully saturated rings. The summed E-state index contributed by atoms with van der Waals surface area (Å²) in [5.74, 6) is -0.0164. The van der Waals surface area contributed by atoms with Crippen molar-refractivity contribution in [3.05, 3.63) is 77.4 Å². The monoisotopic (exact) mass is 291 g/mol. The molecule has 0 aliphatic heterocycles. The lowest BCUT2D eigenvalue weighted by molar-refractivity contribution is -0.110. The Kier molecular flexibility index (Phi) is 5.31. The van der Waals surface area contributed by atoms with Crippen LogP contribution < -0.4 is 4.90 Å². The number of nitrogens with zero attached hydrogens (tertiary/aromatic N) is 1. The second-order valence-corrected chi connectivity index (χ2v) is 5.47. The zero-order valence-electron chi connectivity index (χ0n) is 13.3. The maximum atomic E-state index is 11.8. The fourth-order valence-corrected chi connectivity index (χ4v) is 1.97. The average molecular weight is 291 g/mol. The Bertz CT molecular complexity index is 677. The van der Waals surface area contributed by atoms with Crippen LogP contribution in [0.4, 0.5) is 5.69 Å². The van der Waals surface area contributed by atoms with Crippen molar-refractivity contribution < 1.29 is 4.79 Å². The molecule has 0 amide bonds. The van der Waals surface area contributed by atoms with Gasteiger partial charge in [-0.1, -0.05) is 54.1 Å². The highest BCUT2D eigenvalue weighted by atomic mass is 16.1. The summed E-state index contributed by atoms with van der Waals surface area (Å²) in [4.78, 5) is 13.9. The van der Waals surface area contributed by atoms with E-state index in [2.05, 4.69) is 0 Å². The lowest BCUT2D eigenvalue weighted by atomic mass is 10.1. The van der Waals surface area contributed by atoms with Crippen LogP contribution in [0.25, 0.3) is 12.2 Å². The van der Waals surface area contributed by atoms with Crippen molar-refractivity contribution in [1.29, 1.82) is 0 Å². The van der Waals surface area contributed by atoms with Gasteiger partial charge in [0.25, 0.3) is 0 Å². The summed E-state index contributed by atoms with van der Waals surface area (Å²) in [5, 5.41) is 0. The number of anilines is 1. The number of hydrogen-bond acceptors (Lipinski definition) is 2. The summed E-state index contributed by atoms with van der Waals surface area (Å²) in [6, 6.07) is 16.1. The highest BCUT2D eigenvalue weighted by Gasteiger charge is 1.95. The molecule has 0 heterocycles. The van der Waals surface area contributed by atoms with Crippen molar-refractivity contribution in [1.82, 2.24) is 0 Å². The summed E-state index contributed by atoms with van der Waals surface area (Å²) < 4.78 is 0. The molecule has 0 N–H and O–H groups in total. The van der Waals surface area contributed by atoms with E-state index in [0.717, 1.165) is 16.8 Å². The van der Waals surface area contributed by atoms with E-state index in [9.17, 15) is 4.79 Å². The van der Waals surface area contributed by atoms with Gasteiger partial charge < -0.3 is 4.90 Å². The maximum absolute atomic E-state index is 11.8. The van der Waals surface area contributed by atoms with Crippen LogP contribution in [-0.2, 0) is 4.79 Å². The minimum atomic E-state index is -0.0164. The summed E-state index contributed by atoms with van der Waals surface area (Å²) >= 11 is 0. The topological polar surface area (TPSA) is 20.3 Å². The van der Waals surface area contributed by atoms with Crippen LogP contribution in [-0.4, -0.2) is 19.9 Å². The van der Waals surface area contributed by atoms with Gasteiger partial charge >= 0.3 is 0 Å². The highest BCUT2D eigenvalue weighted by Crippen LogP contribution is 2.13. The lowest BCUT2D eigenvalue weighted by Gasteiger charge is -2.11. The van der Waals surface area contributed by atoms with E-state index in [0.29, 0.717) is 0 Å². The molecule has 112 valence electrons. The normalized spacial score (nSPS) is 11.2. The molecule has 2 aromatic carbocycles. The van der Waals surface area contributed by atoms with E-state index in [1.54, 1.807) is 12.2 Å². The molecule has 2 aromatic rings. The van der Waals surface area contributed by atoms with Gasteiger partial charge in [-0.25, -0.2) is 0 Å². The van der Waals surface area contributed by atoms with Gasteiger partial charge in [-0.2, -0.15) is 0 Å². The van der Waals surface area contributed by atoms with Gasteiger partial charge in [0.1, 0.15) is 0 Å². The SMILES string of the molecule is Cc1ccc(/C=C\C(=O)/C=C\c2ccc(N(C)C)cc2)cc1. The molecule has 0 bridgehead atoms. The third kappa shape index (κ3) is 4.74. The van der Waals surface area contributed by atoms with Gasteiger partial charge in [0.15, 0.2) is 5.78 Å². The smallest absolute Gasteiger partial charge is 0.178 e. The highest BCUT2D eigenvalue weighted by molar-refractivity contribution is 6.04. The van der Waals surface area contributed by atoms with Crippen LogP contribution in [0, 0.1) is 6.92 Å². The molecule has 22 heavy (non-hydrogen) atoms. The number of aryl methyl sites for hydroxylation is 1. The summed E-state index contributed by atoms with van der Waals surface area (Å²) in [6.45, 7) is 2.04. The van der Waals surface area contributed by atoms with Crippen molar-refractivity contribution >= 4 is 23.6 Å². The predicted molar refractivity (Wildman–Crippen MR) is 95.0 cm³/mol. The third-order valence-electron chi connectivity index (χ3n) is 3.37. The van der Waals surface area contributed by atoms with E-state index in [1.165, 1.54) is 5.56 Å². The Morgan fingerprint density at radius 2 is 1.27 bits per heavy atom. The minimum absolute atomic E-state index is 0.0164. The van der Waals surface area contributed by atoms with Crippen molar-refractivity contribution in [3.63, 3.8) is 0 Å². The number of benzene rings is 2. The molecule has 0 unspecified atom stereocenters. The number of hydrogen-bond donors (Lipinski definition) is 0. The molecule has 2 rings (SSSR count). The van der Waals surface area contributed by atoms with E-state index in [-0.39, 0.29) is 5.78 Å². The van der Waals surface area contributed by atoms with Crippen LogP contribution >= 0.6 is 0 Å². The first-order valence-corrected chi connectivity index (χ1v) is 7.29. The molecule has 0 aromatic heterocycles. The Morgan fingerprint density at radius 1 is 0.818 bits per heavy atom. The molecule has 0 radical (unpaired) electrons. The zero-order chi connectivity index (χ0) is 15.9. The van der Waals surface area contributed by atoms with Crippen molar-refractivity contribution in [2.75, 3.05) is 19.0 Å². The van der Waals surface area contributed by atoms with Gasteiger partial charge in [-0.15, -0.1) is 0 Å². The first kappa shape index (κ1) is 15.8. The fraction of sp³-hybridized carbons (Fsp3) is 0.150. The molecule has 0 spiro atoms. The Balaban J connectivity index is 1.97. The second-order valence-electron chi connectivity index (χ2n) is 5.47. The average Bonchev–Trinajstić information content (AvgIpc) is 2.52. The number of ketones is 1. The van der Waals surface area contributed by atoms with Crippen molar-refractivity contribution in [2.24, 2.45) is 0 Å². The fourth-order valence-electron chi connectivity index (χ4n) is 1.97. The van der Waals surface area contributed by atoms with E-state index in [1.807, 2.05) is 86.6 Å². The first-order valence-electron chi connectivity index (χ1n) is 7.29. The molecule has 2 nitrogen and oxygen atoms in total. The summed E-state index contributed by atoms with van der Waals surface area (Å²) in [7, 11) is 4.01. The van der Waals surface area contributed by atoms with Crippen LogP contribution in [0.15, 0.2) is 60.7 Å². The third-order valence-corrected chi connectivity index (χ3v) is 3.37. The van der Waals surface area contributed by atoms with Crippen LogP contribution in [0.1, 0.15) is 16.7 Å². The first-order chi connectivity index (χ1) is 10.5. The van der Waals surface area contributed by atoms with Gasteiger partial charge in [-0.05, 0) is 42.3 Å². The number of rotatable bonds is 5. The quantitative estimate of drug-likeness (QED) is 0.763. The molecule has 0 aliphatic rings. The van der Waals surface area contributed by atoms with Crippen LogP contribution in [0.5, 0.6) is 0 Å². The number of allylic oxidation sites excluding steroid dienone is 2. The molecular formula is C20H21NO. The summed E-state index contributed by atoms with van der Waals surface area (Å²) in [6.07, 6.45) is 6.85. The van der Waals surface area contributed by atoms with Crippen LogP contribution in [0.2, 0.25) is 0 Å². The summed E-state index contributed by atoms with van der Waals surface area (Å²) in [5.41, 5.74) is 4.40. The standard InChI is InChI=1S/C20H21NO/c1-16-4-6-17(7-5-16)10-14-20(22)15-11-18-8-12-19(13-9-18)21(2)3/h4-15H,1-3H3/b14-10-,15-11-. The van der Waals surface area contributed by atoms with Gasteiger partial charge in [0, 0.05) is 19.8 Å². The van der Waals surface area contributed by atoms with E-state index >= 15 is 0 Å². The van der Waals surface area contributed by atoms with Gasteiger partial charge in [-0.3, -0.25) is 4.79 Å². The molecule has 0 aliphatic carbocycles. The predicted octanol–water partition coefficient (Wildman–Crippen LogP) is 4.36. The molecule has 0 saturated carbocycles. The molecule has 0 saturated heterocycles.